The zero-order valence-corrected chi connectivity index (χ0v) is 15.1. The first-order valence-electron chi connectivity index (χ1n) is 7.63. The van der Waals surface area contributed by atoms with Gasteiger partial charge in [0.05, 0.1) is 0 Å². The number of pyridine rings is 1. The average molecular weight is 382 g/mol. The minimum Gasteiger partial charge on any atom is -0.477 e. The third kappa shape index (κ3) is 4.70. The predicted molar refractivity (Wildman–Crippen MR) is 93.9 cm³/mol. The summed E-state index contributed by atoms with van der Waals surface area (Å²) >= 11 is 5.87. The van der Waals surface area contributed by atoms with Crippen molar-refractivity contribution in [3.05, 3.63) is 57.2 Å². The zero-order chi connectivity index (χ0) is 19.6. The van der Waals surface area contributed by atoms with Crippen LogP contribution in [0.1, 0.15) is 31.1 Å². The van der Waals surface area contributed by atoms with Crippen LogP contribution in [0.5, 0.6) is 0 Å². The SMILES string of the molecule is CC(C)(C)OC(=O)Cn1cc(-c2cc(Cl)ccc2F)cc(C(=O)O)c1=O. The van der Waals surface area contributed by atoms with Crippen LogP contribution in [0.15, 0.2) is 35.3 Å². The van der Waals surface area contributed by atoms with Gasteiger partial charge in [0.15, 0.2) is 0 Å². The molecule has 138 valence electrons. The third-order valence-corrected chi connectivity index (χ3v) is 3.51. The highest BCUT2D eigenvalue weighted by Gasteiger charge is 2.20. The molecule has 0 amide bonds. The molecule has 1 N–H and O–H groups in total. The maximum absolute atomic E-state index is 14.1. The van der Waals surface area contributed by atoms with E-state index in [0.717, 1.165) is 16.7 Å². The monoisotopic (exact) mass is 381 g/mol. The highest BCUT2D eigenvalue weighted by atomic mass is 35.5. The number of aromatic nitrogens is 1. The highest BCUT2D eigenvalue weighted by Crippen LogP contribution is 2.26. The molecule has 0 aliphatic carbocycles. The van der Waals surface area contributed by atoms with Crippen molar-refractivity contribution < 1.29 is 23.8 Å². The molecule has 0 atom stereocenters. The van der Waals surface area contributed by atoms with Crippen molar-refractivity contribution in [3.8, 4) is 11.1 Å². The van der Waals surface area contributed by atoms with Gasteiger partial charge < -0.3 is 14.4 Å². The molecule has 0 aliphatic rings. The van der Waals surface area contributed by atoms with Crippen molar-refractivity contribution in [1.82, 2.24) is 4.57 Å². The molecule has 0 saturated heterocycles. The topological polar surface area (TPSA) is 85.6 Å². The summed E-state index contributed by atoms with van der Waals surface area (Å²) < 4.78 is 20.1. The lowest BCUT2D eigenvalue weighted by atomic mass is 10.0. The molecule has 0 aliphatic heterocycles. The smallest absolute Gasteiger partial charge is 0.341 e. The van der Waals surface area contributed by atoms with Crippen LogP contribution in [0.25, 0.3) is 11.1 Å². The van der Waals surface area contributed by atoms with Crippen LogP contribution >= 0.6 is 11.6 Å². The summed E-state index contributed by atoms with van der Waals surface area (Å²) in [5.74, 6) is -2.86. The normalized spacial score (nSPS) is 11.3. The second-order valence-corrected chi connectivity index (χ2v) is 7.03. The number of carbonyl (C=O) groups is 2. The average Bonchev–Trinajstić information content (AvgIpc) is 2.49. The van der Waals surface area contributed by atoms with Gasteiger partial charge in [0.2, 0.25) is 0 Å². The number of carboxylic acid groups (broad SMARTS) is 1. The van der Waals surface area contributed by atoms with E-state index in [1.165, 1.54) is 18.3 Å². The lowest BCUT2D eigenvalue weighted by Crippen LogP contribution is -2.32. The predicted octanol–water partition coefficient (Wildman–Crippen LogP) is 3.35. The Morgan fingerprint density at radius 1 is 1.27 bits per heavy atom. The van der Waals surface area contributed by atoms with Gasteiger partial charge in [0.1, 0.15) is 23.5 Å². The molecule has 0 spiro atoms. The Hall–Kier alpha value is -2.67. The Morgan fingerprint density at radius 2 is 1.92 bits per heavy atom. The van der Waals surface area contributed by atoms with E-state index in [1.807, 2.05) is 0 Å². The van der Waals surface area contributed by atoms with Crippen LogP contribution in [0.2, 0.25) is 5.02 Å². The van der Waals surface area contributed by atoms with Crippen molar-refractivity contribution in [3.63, 3.8) is 0 Å². The molecule has 0 unspecified atom stereocenters. The number of benzene rings is 1. The fraction of sp³-hybridized carbons (Fsp3) is 0.278. The Bertz CT molecular complexity index is 930. The van der Waals surface area contributed by atoms with Gasteiger partial charge in [-0.1, -0.05) is 11.6 Å². The van der Waals surface area contributed by atoms with Crippen molar-refractivity contribution in [2.45, 2.75) is 32.9 Å². The van der Waals surface area contributed by atoms with E-state index in [-0.39, 0.29) is 16.1 Å². The summed E-state index contributed by atoms with van der Waals surface area (Å²) in [6.45, 7) is 4.47. The summed E-state index contributed by atoms with van der Waals surface area (Å²) in [7, 11) is 0. The summed E-state index contributed by atoms with van der Waals surface area (Å²) in [5.41, 5.74) is -2.14. The van der Waals surface area contributed by atoms with Crippen molar-refractivity contribution >= 4 is 23.5 Å². The number of rotatable bonds is 4. The molecule has 26 heavy (non-hydrogen) atoms. The van der Waals surface area contributed by atoms with Crippen molar-refractivity contribution in [1.29, 1.82) is 0 Å². The van der Waals surface area contributed by atoms with Gasteiger partial charge in [-0.25, -0.2) is 9.18 Å². The van der Waals surface area contributed by atoms with Gasteiger partial charge in [-0.05, 0) is 45.0 Å². The number of hydrogen-bond donors (Lipinski definition) is 1. The van der Waals surface area contributed by atoms with Crippen LogP contribution in [-0.4, -0.2) is 27.2 Å². The number of nitrogens with zero attached hydrogens (tertiary/aromatic N) is 1. The second kappa shape index (κ2) is 7.29. The molecule has 0 fully saturated rings. The number of esters is 1. The number of aromatic carboxylic acids is 1. The van der Waals surface area contributed by atoms with E-state index in [1.54, 1.807) is 20.8 Å². The van der Waals surface area contributed by atoms with Crippen LogP contribution < -0.4 is 5.56 Å². The van der Waals surface area contributed by atoms with E-state index in [2.05, 4.69) is 0 Å². The molecular formula is C18H17ClFNO5. The molecule has 0 saturated carbocycles. The van der Waals surface area contributed by atoms with E-state index in [4.69, 9.17) is 16.3 Å². The standard InChI is InChI=1S/C18H17ClFNO5/c1-18(2,3)26-15(22)9-21-8-10(6-13(16(21)23)17(24)25)12-7-11(19)4-5-14(12)20/h4-8H,9H2,1-3H3,(H,24,25). The molecule has 6 nitrogen and oxygen atoms in total. The molecule has 1 heterocycles. The molecular weight excluding hydrogens is 365 g/mol. The first-order valence-corrected chi connectivity index (χ1v) is 8.01. The molecule has 0 radical (unpaired) electrons. The van der Waals surface area contributed by atoms with Crippen molar-refractivity contribution in [2.75, 3.05) is 0 Å². The number of ether oxygens (including phenoxy) is 1. The summed E-state index contributed by atoms with van der Waals surface area (Å²) in [6.07, 6.45) is 1.20. The first-order chi connectivity index (χ1) is 12.0. The summed E-state index contributed by atoms with van der Waals surface area (Å²) in [4.78, 5) is 35.7. The summed E-state index contributed by atoms with van der Waals surface area (Å²) in [6, 6.07) is 4.82. The Labute approximate surface area is 153 Å². The maximum atomic E-state index is 14.1. The highest BCUT2D eigenvalue weighted by molar-refractivity contribution is 6.30. The van der Waals surface area contributed by atoms with Crippen molar-refractivity contribution in [2.24, 2.45) is 0 Å². The largest absolute Gasteiger partial charge is 0.477 e. The fourth-order valence-corrected chi connectivity index (χ4v) is 2.46. The Morgan fingerprint density at radius 3 is 2.50 bits per heavy atom. The molecule has 2 rings (SSSR count). The van der Waals surface area contributed by atoms with Crippen LogP contribution in [0, 0.1) is 5.82 Å². The molecule has 0 bridgehead atoms. The minimum atomic E-state index is -1.49. The van der Waals surface area contributed by atoms with Gasteiger partial charge in [-0.3, -0.25) is 9.59 Å². The number of carboxylic acids is 1. The molecule has 2 aromatic rings. The summed E-state index contributed by atoms with van der Waals surface area (Å²) in [5, 5.41) is 9.50. The van der Waals surface area contributed by atoms with Crippen LogP contribution in [0.4, 0.5) is 4.39 Å². The first kappa shape index (κ1) is 19.7. The number of carbonyl (C=O) groups excluding carboxylic acids is 1. The Kier molecular flexibility index (Phi) is 5.51. The van der Waals surface area contributed by atoms with E-state index >= 15 is 0 Å². The molecule has 1 aromatic carbocycles. The maximum Gasteiger partial charge on any atom is 0.341 e. The number of halogens is 2. The number of hydrogen-bond acceptors (Lipinski definition) is 4. The zero-order valence-electron chi connectivity index (χ0n) is 14.4. The van der Waals surface area contributed by atoms with Gasteiger partial charge in [-0.15, -0.1) is 0 Å². The van der Waals surface area contributed by atoms with Gasteiger partial charge >= 0.3 is 11.9 Å². The minimum absolute atomic E-state index is 0.0120. The molecule has 1 aromatic heterocycles. The molecule has 8 heteroatoms. The van der Waals surface area contributed by atoms with Gasteiger partial charge in [0, 0.05) is 22.3 Å². The third-order valence-electron chi connectivity index (χ3n) is 3.28. The second-order valence-electron chi connectivity index (χ2n) is 6.59. The Balaban J connectivity index is 2.57. The van der Waals surface area contributed by atoms with Gasteiger partial charge in [0.25, 0.3) is 5.56 Å². The quantitative estimate of drug-likeness (QED) is 0.821. The van der Waals surface area contributed by atoms with Crippen LogP contribution in [0.3, 0.4) is 0 Å². The van der Waals surface area contributed by atoms with Gasteiger partial charge in [-0.2, -0.15) is 0 Å². The fourth-order valence-electron chi connectivity index (χ4n) is 2.29. The van der Waals surface area contributed by atoms with Crippen LogP contribution in [-0.2, 0) is 16.1 Å². The lowest BCUT2D eigenvalue weighted by Gasteiger charge is -2.20. The lowest BCUT2D eigenvalue weighted by molar-refractivity contribution is -0.155. The van der Waals surface area contributed by atoms with E-state index in [9.17, 15) is 23.9 Å². The van der Waals surface area contributed by atoms with E-state index < -0.39 is 41.0 Å². The van der Waals surface area contributed by atoms with E-state index in [0.29, 0.717) is 0 Å².